The van der Waals surface area contributed by atoms with Crippen LogP contribution in [0.1, 0.15) is 11.3 Å². The summed E-state index contributed by atoms with van der Waals surface area (Å²) in [6, 6.07) is 10.00. The first kappa shape index (κ1) is 12.4. The fourth-order valence-electron chi connectivity index (χ4n) is 2.04. The summed E-state index contributed by atoms with van der Waals surface area (Å²) in [4.78, 5) is 8.83. The van der Waals surface area contributed by atoms with E-state index in [9.17, 15) is 0 Å². The van der Waals surface area contributed by atoms with Gasteiger partial charge in [-0.15, -0.1) is 0 Å². The largest absolute Gasteiger partial charge is 0.387 e. The molecule has 2 aromatic rings. The highest BCUT2D eigenvalue weighted by Gasteiger charge is 2.05. The van der Waals surface area contributed by atoms with Crippen molar-refractivity contribution in [2.24, 2.45) is 0 Å². The summed E-state index contributed by atoms with van der Waals surface area (Å²) in [5, 5.41) is 6.44. The molecule has 4 nitrogen and oxygen atoms in total. The van der Waals surface area contributed by atoms with Crippen LogP contribution in [0.2, 0.25) is 0 Å². The van der Waals surface area contributed by atoms with Gasteiger partial charge in [-0.2, -0.15) is 0 Å². The lowest BCUT2D eigenvalue weighted by Gasteiger charge is -2.11. The van der Waals surface area contributed by atoms with Crippen molar-refractivity contribution in [1.82, 2.24) is 15.3 Å². The first-order valence-electron chi connectivity index (χ1n) is 6.59. The van der Waals surface area contributed by atoms with Gasteiger partial charge in [-0.05, 0) is 24.6 Å². The van der Waals surface area contributed by atoms with Gasteiger partial charge < -0.3 is 10.6 Å². The molecule has 1 aliphatic rings. The lowest BCUT2D eigenvalue weighted by Crippen LogP contribution is -2.09. The van der Waals surface area contributed by atoms with Crippen LogP contribution in [0.15, 0.2) is 54.9 Å². The molecule has 20 heavy (non-hydrogen) atoms. The van der Waals surface area contributed by atoms with Crippen LogP contribution in [0.5, 0.6) is 0 Å². The summed E-state index contributed by atoms with van der Waals surface area (Å²) in [5.41, 5.74) is 4.15. The van der Waals surface area contributed by atoms with Crippen molar-refractivity contribution in [2.75, 3.05) is 11.9 Å². The van der Waals surface area contributed by atoms with Crippen LogP contribution in [-0.2, 0) is 0 Å². The molecule has 2 heterocycles. The third-order valence-corrected chi connectivity index (χ3v) is 3.13. The Hall–Kier alpha value is -2.62. The Morgan fingerprint density at radius 3 is 2.90 bits per heavy atom. The summed E-state index contributed by atoms with van der Waals surface area (Å²) >= 11 is 0. The maximum Gasteiger partial charge on any atom is 0.227 e. The molecular formula is C16H16N4. The second-order valence-electron chi connectivity index (χ2n) is 4.62. The highest BCUT2D eigenvalue weighted by atomic mass is 15.1. The van der Waals surface area contributed by atoms with E-state index in [0.717, 1.165) is 23.5 Å². The Morgan fingerprint density at radius 2 is 2.10 bits per heavy atom. The van der Waals surface area contributed by atoms with Gasteiger partial charge in [0, 0.05) is 30.2 Å². The SMILES string of the molecule is Cc1ccccc1Nc1nccc(C2=CNCC=C2)n1. The summed E-state index contributed by atoms with van der Waals surface area (Å²) in [6.07, 6.45) is 7.88. The third-order valence-electron chi connectivity index (χ3n) is 3.13. The Labute approximate surface area is 118 Å². The number of para-hydroxylation sites is 1. The second kappa shape index (κ2) is 5.57. The molecule has 1 aromatic heterocycles. The van der Waals surface area contributed by atoms with Crippen molar-refractivity contribution in [3.63, 3.8) is 0 Å². The van der Waals surface area contributed by atoms with Crippen molar-refractivity contribution >= 4 is 17.2 Å². The Balaban J connectivity index is 1.86. The number of rotatable bonds is 3. The molecule has 4 heteroatoms. The summed E-state index contributed by atoms with van der Waals surface area (Å²) in [5.74, 6) is 0.608. The average molecular weight is 264 g/mol. The molecule has 2 N–H and O–H groups in total. The van der Waals surface area contributed by atoms with Gasteiger partial charge in [0.05, 0.1) is 5.69 Å². The number of nitrogens with one attached hydrogen (secondary N) is 2. The van der Waals surface area contributed by atoms with E-state index in [1.165, 1.54) is 5.56 Å². The number of hydrogen-bond acceptors (Lipinski definition) is 4. The quantitative estimate of drug-likeness (QED) is 0.894. The molecule has 0 amide bonds. The third kappa shape index (κ3) is 2.69. The number of dihydropyridines is 1. The number of hydrogen-bond donors (Lipinski definition) is 2. The Morgan fingerprint density at radius 1 is 1.20 bits per heavy atom. The second-order valence-corrected chi connectivity index (χ2v) is 4.62. The van der Waals surface area contributed by atoms with E-state index in [4.69, 9.17) is 0 Å². The van der Waals surface area contributed by atoms with Crippen LogP contribution in [-0.4, -0.2) is 16.5 Å². The van der Waals surface area contributed by atoms with Gasteiger partial charge >= 0.3 is 0 Å². The monoisotopic (exact) mass is 264 g/mol. The summed E-state index contributed by atoms with van der Waals surface area (Å²) in [6.45, 7) is 2.92. The molecular weight excluding hydrogens is 248 g/mol. The molecule has 0 saturated carbocycles. The van der Waals surface area contributed by atoms with Gasteiger partial charge in [-0.1, -0.05) is 30.4 Å². The minimum atomic E-state index is 0.608. The van der Waals surface area contributed by atoms with E-state index < -0.39 is 0 Å². The van der Waals surface area contributed by atoms with Gasteiger partial charge in [0.2, 0.25) is 5.95 Å². The zero-order valence-corrected chi connectivity index (χ0v) is 11.3. The maximum absolute atomic E-state index is 4.55. The maximum atomic E-state index is 4.55. The lowest BCUT2D eigenvalue weighted by molar-refractivity contribution is 0.973. The van der Waals surface area contributed by atoms with Crippen molar-refractivity contribution in [2.45, 2.75) is 6.92 Å². The predicted octanol–water partition coefficient (Wildman–Crippen LogP) is 3.03. The topological polar surface area (TPSA) is 49.8 Å². The van der Waals surface area contributed by atoms with E-state index in [1.54, 1.807) is 6.20 Å². The van der Waals surface area contributed by atoms with E-state index in [1.807, 2.05) is 30.5 Å². The van der Waals surface area contributed by atoms with Crippen molar-refractivity contribution < 1.29 is 0 Å². The Bertz CT molecular complexity index is 674. The van der Waals surface area contributed by atoms with E-state index in [0.29, 0.717) is 5.95 Å². The average Bonchev–Trinajstić information content (AvgIpc) is 2.51. The zero-order valence-electron chi connectivity index (χ0n) is 11.3. The molecule has 0 spiro atoms. The normalized spacial score (nSPS) is 13.6. The standard InChI is InChI=1S/C16H16N4/c1-12-5-2-3-7-14(12)19-16-18-10-8-15(20-16)13-6-4-9-17-11-13/h2-8,10-11,17H,9H2,1H3,(H,18,19,20). The van der Waals surface area contributed by atoms with Crippen LogP contribution in [0.3, 0.4) is 0 Å². The number of benzene rings is 1. The van der Waals surface area contributed by atoms with Crippen LogP contribution in [0, 0.1) is 6.92 Å². The number of aromatic nitrogens is 2. The van der Waals surface area contributed by atoms with Crippen LogP contribution in [0.25, 0.3) is 5.57 Å². The zero-order chi connectivity index (χ0) is 13.8. The molecule has 0 bridgehead atoms. The number of aryl methyl sites for hydroxylation is 1. The fraction of sp³-hybridized carbons (Fsp3) is 0.125. The molecule has 1 aliphatic heterocycles. The minimum absolute atomic E-state index is 0.608. The highest BCUT2D eigenvalue weighted by Crippen LogP contribution is 2.19. The number of anilines is 2. The molecule has 0 saturated heterocycles. The number of allylic oxidation sites excluding steroid dienone is 2. The molecule has 0 aliphatic carbocycles. The predicted molar refractivity (Wildman–Crippen MR) is 81.6 cm³/mol. The van der Waals surface area contributed by atoms with Crippen molar-refractivity contribution in [3.8, 4) is 0 Å². The van der Waals surface area contributed by atoms with E-state index >= 15 is 0 Å². The van der Waals surface area contributed by atoms with Crippen molar-refractivity contribution in [1.29, 1.82) is 0 Å². The van der Waals surface area contributed by atoms with Gasteiger partial charge in [-0.25, -0.2) is 9.97 Å². The molecule has 0 atom stereocenters. The molecule has 100 valence electrons. The van der Waals surface area contributed by atoms with Crippen LogP contribution >= 0.6 is 0 Å². The first-order chi connectivity index (χ1) is 9.83. The van der Waals surface area contributed by atoms with Gasteiger partial charge in [0.25, 0.3) is 0 Å². The molecule has 0 unspecified atom stereocenters. The van der Waals surface area contributed by atoms with Crippen molar-refractivity contribution in [3.05, 3.63) is 66.1 Å². The molecule has 1 aromatic carbocycles. The van der Waals surface area contributed by atoms with E-state index in [-0.39, 0.29) is 0 Å². The van der Waals surface area contributed by atoms with Crippen LogP contribution in [0.4, 0.5) is 11.6 Å². The van der Waals surface area contributed by atoms with Gasteiger partial charge in [0.1, 0.15) is 0 Å². The van der Waals surface area contributed by atoms with Gasteiger partial charge in [-0.3, -0.25) is 0 Å². The van der Waals surface area contributed by atoms with E-state index in [2.05, 4.69) is 45.7 Å². The first-order valence-corrected chi connectivity index (χ1v) is 6.59. The molecule has 3 rings (SSSR count). The Kier molecular flexibility index (Phi) is 3.46. The van der Waals surface area contributed by atoms with Gasteiger partial charge in [0.15, 0.2) is 0 Å². The smallest absolute Gasteiger partial charge is 0.227 e. The molecule has 0 radical (unpaired) electrons. The lowest BCUT2D eigenvalue weighted by atomic mass is 10.1. The van der Waals surface area contributed by atoms with Crippen LogP contribution < -0.4 is 10.6 Å². The molecule has 0 fully saturated rings. The minimum Gasteiger partial charge on any atom is -0.387 e. The fourth-order valence-corrected chi connectivity index (χ4v) is 2.04. The number of nitrogens with zero attached hydrogens (tertiary/aromatic N) is 2. The summed E-state index contributed by atoms with van der Waals surface area (Å²) < 4.78 is 0. The summed E-state index contributed by atoms with van der Waals surface area (Å²) in [7, 11) is 0. The highest BCUT2D eigenvalue weighted by molar-refractivity contribution is 5.73.